The van der Waals surface area contributed by atoms with Crippen LogP contribution in [0.4, 0.5) is 4.79 Å². The standard InChI is InChI=1S/C15H23N3O3/c1-15(2,8-9-19)10-17-13(20)12(18-14(16)21)11-6-4-3-5-7-11/h3-7,12,19H,8-10H2,1-2H3,(H,17,20)(H3,16,18,21). The van der Waals surface area contributed by atoms with Crippen LogP contribution in [-0.2, 0) is 4.79 Å². The Bertz CT molecular complexity index is 474. The molecule has 0 fully saturated rings. The third kappa shape index (κ3) is 5.83. The van der Waals surface area contributed by atoms with Crippen molar-refractivity contribution in [2.45, 2.75) is 26.3 Å². The van der Waals surface area contributed by atoms with Crippen molar-refractivity contribution in [3.63, 3.8) is 0 Å². The van der Waals surface area contributed by atoms with Gasteiger partial charge in [0.1, 0.15) is 6.04 Å². The zero-order valence-corrected chi connectivity index (χ0v) is 12.4. The molecule has 21 heavy (non-hydrogen) atoms. The Morgan fingerprint density at radius 2 is 1.90 bits per heavy atom. The van der Waals surface area contributed by atoms with E-state index in [2.05, 4.69) is 10.6 Å². The van der Waals surface area contributed by atoms with Gasteiger partial charge >= 0.3 is 6.03 Å². The van der Waals surface area contributed by atoms with Crippen LogP contribution in [0.5, 0.6) is 0 Å². The first-order chi connectivity index (χ1) is 9.85. The minimum Gasteiger partial charge on any atom is -0.396 e. The Balaban J connectivity index is 2.75. The molecular weight excluding hydrogens is 270 g/mol. The van der Waals surface area contributed by atoms with E-state index in [0.29, 0.717) is 18.5 Å². The molecule has 0 aliphatic heterocycles. The molecule has 0 aliphatic carbocycles. The molecule has 3 amide bonds. The zero-order chi connectivity index (χ0) is 15.9. The Labute approximate surface area is 124 Å². The van der Waals surface area contributed by atoms with Crippen LogP contribution in [0.15, 0.2) is 30.3 Å². The average molecular weight is 293 g/mol. The lowest BCUT2D eigenvalue weighted by atomic mass is 9.89. The first kappa shape index (κ1) is 17.0. The summed E-state index contributed by atoms with van der Waals surface area (Å²) in [6, 6.07) is 7.31. The van der Waals surface area contributed by atoms with Crippen LogP contribution in [-0.4, -0.2) is 30.2 Å². The number of benzene rings is 1. The molecule has 0 spiro atoms. The Morgan fingerprint density at radius 3 is 2.43 bits per heavy atom. The molecule has 116 valence electrons. The van der Waals surface area contributed by atoms with Crippen LogP contribution in [0, 0.1) is 5.41 Å². The highest BCUT2D eigenvalue weighted by molar-refractivity contribution is 5.87. The molecule has 6 heteroatoms. The van der Waals surface area contributed by atoms with E-state index >= 15 is 0 Å². The van der Waals surface area contributed by atoms with E-state index < -0.39 is 12.1 Å². The van der Waals surface area contributed by atoms with E-state index in [-0.39, 0.29) is 17.9 Å². The van der Waals surface area contributed by atoms with E-state index in [4.69, 9.17) is 10.8 Å². The van der Waals surface area contributed by atoms with Crippen LogP contribution < -0.4 is 16.4 Å². The van der Waals surface area contributed by atoms with E-state index in [1.807, 2.05) is 19.9 Å². The van der Waals surface area contributed by atoms with Gasteiger partial charge in [-0.25, -0.2) is 4.79 Å². The van der Waals surface area contributed by atoms with Gasteiger partial charge in [0.2, 0.25) is 5.91 Å². The number of rotatable bonds is 7. The summed E-state index contributed by atoms with van der Waals surface area (Å²) in [7, 11) is 0. The number of carbonyl (C=O) groups excluding carboxylic acids is 2. The summed E-state index contributed by atoms with van der Waals surface area (Å²) in [4.78, 5) is 23.4. The van der Waals surface area contributed by atoms with Crippen LogP contribution in [0.1, 0.15) is 31.9 Å². The smallest absolute Gasteiger partial charge is 0.313 e. The summed E-state index contributed by atoms with van der Waals surface area (Å²) in [5.74, 6) is -0.328. The summed E-state index contributed by atoms with van der Waals surface area (Å²) in [5.41, 5.74) is 5.57. The van der Waals surface area contributed by atoms with Crippen molar-refractivity contribution in [1.29, 1.82) is 0 Å². The molecule has 1 unspecified atom stereocenters. The molecule has 1 atom stereocenters. The van der Waals surface area contributed by atoms with Crippen molar-refractivity contribution in [2.24, 2.45) is 11.1 Å². The fourth-order valence-corrected chi connectivity index (χ4v) is 1.91. The van der Waals surface area contributed by atoms with Gasteiger partial charge < -0.3 is 21.5 Å². The average Bonchev–Trinajstić information content (AvgIpc) is 2.43. The zero-order valence-electron chi connectivity index (χ0n) is 12.4. The number of hydrogen-bond donors (Lipinski definition) is 4. The summed E-state index contributed by atoms with van der Waals surface area (Å²) in [6.45, 7) is 4.35. The van der Waals surface area contributed by atoms with Gasteiger partial charge in [-0.1, -0.05) is 44.2 Å². The van der Waals surface area contributed by atoms with Gasteiger partial charge in [-0.3, -0.25) is 4.79 Å². The van der Waals surface area contributed by atoms with Gasteiger partial charge in [0.05, 0.1) is 0 Å². The first-order valence-electron chi connectivity index (χ1n) is 6.85. The summed E-state index contributed by atoms with van der Waals surface area (Å²) in [6.07, 6.45) is 0.576. The molecule has 0 heterocycles. The van der Waals surface area contributed by atoms with Gasteiger partial charge in [-0.05, 0) is 17.4 Å². The van der Waals surface area contributed by atoms with Crippen LogP contribution in [0.25, 0.3) is 0 Å². The molecule has 1 rings (SSSR count). The second kappa shape index (κ2) is 7.64. The highest BCUT2D eigenvalue weighted by atomic mass is 16.3. The normalized spacial score (nSPS) is 12.5. The molecule has 0 aromatic heterocycles. The van der Waals surface area contributed by atoms with Crippen LogP contribution >= 0.6 is 0 Å². The Hall–Kier alpha value is -2.08. The Kier molecular flexibility index (Phi) is 6.17. The van der Waals surface area contributed by atoms with E-state index in [0.717, 1.165) is 0 Å². The number of nitrogens with one attached hydrogen (secondary N) is 2. The molecular formula is C15H23N3O3. The highest BCUT2D eigenvalue weighted by Crippen LogP contribution is 2.19. The predicted octanol–water partition coefficient (Wildman–Crippen LogP) is 0.921. The Morgan fingerprint density at radius 1 is 1.29 bits per heavy atom. The molecule has 1 aromatic carbocycles. The van der Waals surface area contributed by atoms with E-state index in [1.54, 1.807) is 24.3 Å². The van der Waals surface area contributed by atoms with Crippen molar-refractivity contribution in [2.75, 3.05) is 13.2 Å². The van der Waals surface area contributed by atoms with Crippen molar-refractivity contribution in [3.05, 3.63) is 35.9 Å². The molecule has 6 nitrogen and oxygen atoms in total. The minimum absolute atomic E-state index is 0.0600. The number of aliphatic hydroxyl groups is 1. The number of amides is 3. The number of primary amides is 1. The molecule has 0 saturated carbocycles. The number of aliphatic hydroxyl groups excluding tert-OH is 1. The van der Waals surface area contributed by atoms with Gasteiger partial charge in [0, 0.05) is 13.2 Å². The first-order valence-corrected chi connectivity index (χ1v) is 6.85. The lowest BCUT2D eigenvalue weighted by Crippen LogP contribution is -2.45. The van der Waals surface area contributed by atoms with Gasteiger partial charge in [-0.15, -0.1) is 0 Å². The molecule has 0 saturated heterocycles. The summed E-state index contributed by atoms with van der Waals surface area (Å²) in [5, 5.41) is 14.2. The number of carbonyl (C=O) groups is 2. The third-order valence-electron chi connectivity index (χ3n) is 3.21. The van der Waals surface area contributed by atoms with Gasteiger partial charge in [0.25, 0.3) is 0 Å². The van der Waals surface area contributed by atoms with Crippen molar-refractivity contribution < 1.29 is 14.7 Å². The monoisotopic (exact) mass is 293 g/mol. The lowest BCUT2D eigenvalue weighted by molar-refractivity contribution is -0.123. The molecule has 0 aliphatic rings. The topological polar surface area (TPSA) is 104 Å². The molecule has 5 N–H and O–H groups in total. The van der Waals surface area contributed by atoms with Gasteiger partial charge in [0.15, 0.2) is 0 Å². The van der Waals surface area contributed by atoms with Gasteiger partial charge in [-0.2, -0.15) is 0 Å². The third-order valence-corrected chi connectivity index (χ3v) is 3.21. The molecule has 0 radical (unpaired) electrons. The van der Waals surface area contributed by atoms with E-state index in [1.165, 1.54) is 0 Å². The maximum absolute atomic E-state index is 12.3. The maximum Gasteiger partial charge on any atom is 0.313 e. The quantitative estimate of drug-likeness (QED) is 0.601. The van der Waals surface area contributed by atoms with Crippen LogP contribution in [0.2, 0.25) is 0 Å². The SMILES string of the molecule is CC(C)(CCO)CNC(=O)C(NC(N)=O)c1ccccc1. The fourth-order valence-electron chi connectivity index (χ4n) is 1.91. The summed E-state index contributed by atoms with van der Waals surface area (Å²) < 4.78 is 0. The van der Waals surface area contributed by atoms with Crippen molar-refractivity contribution in [1.82, 2.24) is 10.6 Å². The second-order valence-electron chi connectivity index (χ2n) is 5.71. The number of urea groups is 1. The van der Waals surface area contributed by atoms with E-state index in [9.17, 15) is 9.59 Å². The highest BCUT2D eigenvalue weighted by Gasteiger charge is 2.24. The predicted molar refractivity (Wildman–Crippen MR) is 80.4 cm³/mol. The van der Waals surface area contributed by atoms with Crippen molar-refractivity contribution >= 4 is 11.9 Å². The largest absolute Gasteiger partial charge is 0.396 e. The maximum atomic E-state index is 12.3. The summed E-state index contributed by atoms with van der Waals surface area (Å²) >= 11 is 0. The molecule has 1 aromatic rings. The molecule has 0 bridgehead atoms. The van der Waals surface area contributed by atoms with Crippen LogP contribution in [0.3, 0.4) is 0 Å². The fraction of sp³-hybridized carbons (Fsp3) is 0.467. The second-order valence-corrected chi connectivity index (χ2v) is 5.71. The van der Waals surface area contributed by atoms with Crippen molar-refractivity contribution in [3.8, 4) is 0 Å². The number of hydrogen-bond acceptors (Lipinski definition) is 3. The lowest BCUT2D eigenvalue weighted by Gasteiger charge is -2.25. The number of nitrogens with two attached hydrogens (primary N) is 1. The minimum atomic E-state index is -0.825.